The Morgan fingerprint density at radius 1 is 1.35 bits per heavy atom. The van der Waals surface area contributed by atoms with Gasteiger partial charge in [-0.15, -0.1) is 11.8 Å². The van der Waals surface area contributed by atoms with Crippen LogP contribution in [0.5, 0.6) is 0 Å². The van der Waals surface area contributed by atoms with Gasteiger partial charge in [-0.05, 0) is 12.8 Å². The van der Waals surface area contributed by atoms with Crippen LogP contribution in [-0.4, -0.2) is 28.1 Å². The lowest BCUT2D eigenvalue weighted by Crippen LogP contribution is -2.30. The zero-order chi connectivity index (χ0) is 11.9. The van der Waals surface area contributed by atoms with E-state index in [-0.39, 0.29) is 0 Å². The van der Waals surface area contributed by atoms with Crippen molar-refractivity contribution in [3.8, 4) is 0 Å². The summed E-state index contributed by atoms with van der Waals surface area (Å²) in [6.07, 6.45) is 12.5. The SMILES string of the molecule is Cn1cc(SCCNC2CCCCCC2)cn1. The summed E-state index contributed by atoms with van der Waals surface area (Å²) in [6, 6.07) is 0.770. The molecule has 0 bridgehead atoms. The molecule has 1 aromatic heterocycles. The minimum Gasteiger partial charge on any atom is -0.313 e. The monoisotopic (exact) mass is 253 g/mol. The molecule has 0 aliphatic heterocycles. The van der Waals surface area contributed by atoms with Gasteiger partial charge in [0.1, 0.15) is 0 Å². The van der Waals surface area contributed by atoms with Crippen LogP contribution in [0.25, 0.3) is 0 Å². The van der Waals surface area contributed by atoms with Crippen molar-refractivity contribution in [2.24, 2.45) is 7.05 Å². The van der Waals surface area contributed by atoms with Crippen molar-refractivity contribution >= 4 is 11.8 Å². The molecule has 1 N–H and O–H groups in total. The molecule has 0 spiro atoms. The Morgan fingerprint density at radius 3 is 2.76 bits per heavy atom. The molecular formula is C13H23N3S. The Balaban J connectivity index is 1.59. The second-order valence-corrected chi connectivity index (χ2v) is 6.01. The molecule has 96 valence electrons. The maximum atomic E-state index is 4.17. The molecule has 0 saturated heterocycles. The first kappa shape index (κ1) is 13.0. The topological polar surface area (TPSA) is 29.9 Å². The average molecular weight is 253 g/mol. The fourth-order valence-electron chi connectivity index (χ4n) is 2.39. The Kier molecular flexibility index (Phi) is 5.39. The molecule has 2 rings (SSSR count). The van der Waals surface area contributed by atoms with E-state index in [1.807, 2.05) is 29.7 Å². The molecule has 0 unspecified atom stereocenters. The quantitative estimate of drug-likeness (QED) is 0.497. The van der Waals surface area contributed by atoms with Gasteiger partial charge < -0.3 is 5.32 Å². The maximum Gasteiger partial charge on any atom is 0.0625 e. The highest BCUT2D eigenvalue weighted by Crippen LogP contribution is 2.18. The smallest absolute Gasteiger partial charge is 0.0625 e. The summed E-state index contributed by atoms with van der Waals surface area (Å²) < 4.78 is 1.86. The highest BCUT2D eigenvalue weighted by Gasteiger charge is 2.10. The fraction of sp³-hybridized carbons (Fsp3) is 0.769. The molecule has 1 aliphatic rings. The number of nitrogens with zero attached hydrogens (tertiary/aromatic N) is 2. The predicted octanol–water partition coefficient (Wildman–Crippen LogP) is 2.82. The highest BCUT2D eigenvalue weighted by atomic mass is 32.2. The van der Waals surface area contributed by atoms with Crippen LogP contribution in [-0.2, 0) is 7.05 Å². The summed E-state index contributed by atoms with van der Waals surface area (Å²) in [5, 5.41) is 7.86. The lowest BCUT2D eigenvalue weighted by Gasteiger charge is -2.15. The van der Waals surface area contributed by atoms with Crippen molar-refractivity contribution in [2.45, 2.75) is 49.5 Å². The van der Waals surface area contributed by atoms with Gasteiger partial charge in [-0.2, -0.15) is 5.10 Å². The van der Waals surface area contributed by atoms with Gasteiger partial charge in [-0.3, -0.25) is 4.68 Å². The predicted molar refractivity (Wildman–Crippen MR) is 73.4 cm³/mol. The molecule has 1 fully saturated rings. The second kappa shape index (κ2) is 7.07. The first-order chi connectivity index (χ1) is 8.34. The van der Waals surface area contributed by atoms with Crippen molar-refractivity contribution in [3.63, 3.8) is 0 Å². The zero-order valence-electron chi connectivity index (χ0n) is 10.7. The molecule has 0 aromatic carbocycles. The number of hydrogen-bond donors (Lipinski definition) is 1. The number of hydrogen-bond acceptors (Lipinski definition) is 3. The van der Waals surface area contributed by atoms with Crippen molar-refractivity contribution < 1.29 is 0 Å². The zero-order valence-corrected chi connectivity index (χ0v) is 11.5. The third-order valence-electron chi connectivity index (χ3n) is 3.34. The Labute approximate surface area is 108 Å². The van der Waals surface area contributed by atoms with Gasteiger partial charge in [-0.1, -0.05) is 25.7 Å². The molecule has 4 heteroatoms. The normalized spacial score (nSPS) is 18.2. The minimum absolute atomic E-state index is 0.770. The molecule has 0 radical (unpaired) electrons. The molecular weight excluding hydrogens is 230 g/mol. The summed E-state index contributed by atoms with van der Waals surface area (Å²) in [6.45, 7) is 1.12. The highest BCUT2D eigenvalue weighted by molar-refractivity contribution is 7.99. The summed E-state index contributed by atoms with van der Waals surface area (Å²) >= 11 is 1.89. The van der Waals surface area contributed by atoms with Crippen LogP contribution in [0.4, 0.5) is 0 Å². The molecule has 1 aromatic rings. The van der Waals surface area contributed by atoms with E-state index in [0.29, 0.717) is 0 Å². The van der Waals surface area contributed by atoms with Crippen LogP contribution >= 0.6 is 11.8 Å². The summed E-state index contributed by atoms with van der Waals surface area (Å²) in [5.74, 6) is 1.14. The first-order valence-electron chi connectivity index (χ1n) is 6.69. The molecule has 0 amide bonds. The van der Waals surface area contributed by atoms with Gasteiger partial charge in [0.05, 0.1) is 6.20 Å². The molecule has 17 heavy (non-hydrogen) atoms. The van der Waals surface area contributed by atoms with Crippen molar-refractivity contribution in [2.75, 3.05) is 12.3 Å². The van der Waals surface area contributed by atoms with Gasteiger partial charge in [-0.25, -0.2) is 0 Å². The third-order valence-corrected chi connectivity index (χ3v) is 4.29. The lowest BCUT2D eigenvalue weighted by molar-refractivity contribution is 0.474. The van der Waals surface area contributed by atoms with Gasteiger partial charge in [0.25, 0.3) is 0 Å². The first-order valence-corrected chi connectivity index (χ1v) is 7.68. The van der Waals surface area contributed by atoms with E-state index >= 15 is 0 Å². The number of aryl methyl sites for hydroxylation is 1. The van der Waals surface area contributed by atoms with Gasteiger partial charge in [0, 0.05) is 36.5 Å². The maximum absolute atomic E-state index is 4.17. The number of nitrogens with one attached hydrogen (secondary N) is 1. The van der Waals surface area contributed by atoms with Crippen LogP contribution in [0.3, 0.4) is 0 Å². The van der Waals surface area contributed by atoms with Gasteiger partial charge >= 0.3 is 0 Å². The number of thioether (sulfide) groups is 1. The summed E-state index contributed by atoms with van der Waals surface area (Å²) in [4.78, 5) is 1.27. The van der Waals surface area contributed by atoms with E-state index in [1.54, 1.807) is 0 Å². The van der Waals surface area contributed by atoms with E-state index in [1.165, 1.54) is 43.4 Å². The Morgan fingerprint density at radius 2 is 2.12 bits per heavy atom. The number of aromatic nitrogens is 2. The van der Waals surface area contributed by atoms with Gasteiger partial charge in [0.15, 0.2) is 0 Å². The van der Waals surface area contributed by atoms with Crippen LogP contribution in [0.15, 0.2) is 17.3 Å². The number of rotatable bonds is 5. The van der Waals surface area contributed by atoms with E-state index < -0.39 is 0 Å². The van der Waals surface area contributed by atoms with E-state index in [9.17, 15) is 0 Å². The van der Waals surface area contributed by atoms with Crippen molar-refractivity contribution in [1.29, 1.82) is 0 Å². The molecule has 1 saturated carbocycles. The minimum atomic E-state index is 0.770. The standard InChI is InChI=1S/C13H23N3S/c1-16-11-13(10-15-16)17-9-8-14-12-6-4-2-3-5-7-12/h10-12,14H,2-9H2,1H3. The van der Waals surface area contributed by atoms with Crippen molar-refractivity contribution in [1.82, 2.24) is 15.1 Å². The van der Waals surface area contributed by atoms with Gasteiger partial charge in [0.2, 0.25) is 0 Å². The third kappa shape index (κ3) is 4.72. The second-order valence-electron chi connectivity index (χ2n) is 4.84. The molecule has 1 heterocycles. The van der Waals surface area contributed by atoms with Crippen LogP contribution < -0.4 is 5.32 Å². The lowest BCUT2D eigenvalue weighted by atomic mass is 10.1. The average Bonchev–Trinajstić information content (AvgIpc) is 2.59. The van der Waals surface area contributed by atoms with Crippen LogP contribution in [0.1, 0.15) is 38.5 Å². The summed E-state index contributed by atoms with van der Waals surface area (Å²) in [7, 11) is 1.97. The Hall–Kier alpha value is -0.480. The molecule has 0 atom stereocenters. The largest absolute Gasteiger partial charge is 0.313 e. The van der Waals surface area contributed by atoms with Crippen molar-refractivity contribution in [3.05, 3.63) is 12.4 Å². The molecule has 3 nitrogen and oxygen atoms in total. The van der Waals surface area contributed by atoms with Crippen LogP contribution in [0, 0.1) is 0 Å². The van der Waals surface area contributed by atoms with E-state index in [4.69, 9.17) is 0 Å². The Bertz CT molecular complexity index is 316. The van der Waals surface area contributed by atoms with Crippen LogP contribution in [0.2, 0.25) is 0 Å². The van der Waals surface area contributed by atoms with E-state index in [2.05, 4.69) is 16.6 Å². The van der Waals surface area contributed by atoms with E-state index in [0.717, 1.165) is 18.3 Å². The molecule has 1 aliphatic carbocycles. The summed E-state index contributed by atoms with van der Waals surface area (Å²) in [5.41, 5.74) is 0. The fourth-order valence-corrected chi connectivity index (χ4v) is 3.19.